The predicted octanol–water partition coefficient (Wildman–Crippen LogP) is 2.29. The fourth-order valence-corrected chi connectivity index (χ4v) is 1.83. The van der Waals surface area contributed by atoms with Gasteiger partial charge in [-0.25, -0.2) is 0 Å². The summed E-state index contributed by atoms with van der Waals surface area (Å²) in [5.74, 6) is -0.279. The average Bonchev–Trinajstić information content (AvgIpc) is 1.95. The summed E-state index contributed by atoms with van der Waals surface area (Å²) in [6.07, 6.45) is 4.20. The summed E-state index contributed by atoms with van der Waals surface area (Å²) in [6, 6.07) is 0. The second-order valence-corrected chi connectivity index (χ2v) is 3.87. The van der Waals surface area contributed by atoms with Crippen LogP contribution in [0.15, 0.2) is 0 Å². The highest BCUT2D eigenvalue weighted by Gasteiger charge is 2.40. The largest absolute Gasteiger partial charge is 0.481 e. The zero-order valence-electron chi connectivity index (χ0n) is 7.26. The Balaban J connectivity index is 2.72. The molecule has 2 nitrogen and oxygen atoms in total. The molecule has 1 rings (SSSR count). The summed E-state index contributed by atoms with van der Waals surface area (Å²) in [4.78, 5) is 10.9. The highest BCUT2D eigenvalue weighted by molar-refractivity contribution is 5.74. The number of aliphatic carboxylic acids is 1. The smallest absolute Gasteiger partial charge is 0.309 e. The first-order valence-corrected chi connectivity index (χ1v) is 4.31. The molecule has 0 aliphatic heterocycles. The van der Waals surface area contributed by atoms with Crippen molar-refractivity contribution >= 4 is 5.97 Å². The first-order chi connectivity index (χ1) is 5.07. The number of hydrogen-bond donors (Lipinski definition) is 1. The van der Waals surface area contributed by atoms with Crippen molar-refractivity contribution in [2.75, 3.05) is 0 Å². The Bertz CT molecular complexity index is 165. The van der Waals surface area contributed by atoms with Gasteiger partial charge in [0, 0.05) is 0 Å². The third-order valence-corrected chi connectivity index (χ3v) is 3.16. The van der Waals surface area contributed by atoms with E-state index < -0.39 is 11.4 Å². The lowest BCUT2D eigenvalue weighted by molar-refractivity contribution is -0.153. The molecule has 0 spiro atoms. The molecule has 0 saturated heterocycles. The molecule has 0 heterocycles. The lowest BCUT2D eigenvalue weighted by Gasteiger charge is -2.35. The maximum Gasteiger partial charge on any atom is 0.309 e. The standard InChI is InChI=1S/C9H16O2/c1-7-5-3-4-6-9(7,2)8(10)11/h7H,3-6H2,1-2H3,(H,10,11)/t7?,9-/m0/s1. The fourth-order valence-electron chi connectivity index (χ4n) is 1.83. The minimum absolute atomic E-state index is 0.341. The van der Waals surface area contributed by atoms with E-state index in [-0.39, 0.29) is 0 Å². The Morgan fingerprint density at radius 3 is 2.55 bits per heavy atom. The van der Waals surface area contributed by atoms with Gasteiger partial charge in [0.25, 0.3) is 0 Å². The summed E-state index contributed by atoms with van der Waals surface area (Å²) in [7, 11) is 0. The minimum Gasteiger partial charge on any atom is -0.481 e. The molecule has 1 aliphatic carbocycles. The molecule has 1 saturated carbocycles. The first kappa shape index (κ1) is 8.57. The van der Waals surface area contributed by atoms with Gasteiger partial charge in [-0.05, 0) is 25.7 Å². The molecule has 1 N–H and O–H groups in total. The zero-order chi connectivity index (χ0) is 8.48. The fraction of sp³-hybridized carbons (Fsp3) is 0.889. The SMILES string of the molecule is CC1CCCC[C@]1(C)C(=O)O. The molecule has 11 heavy (non-hydrogen) atoms. The predicted molar refractivity (Wildman–Crippen MR) is 43.4 cm³/mol. The van der Waals surface area contributed by atoms with Gasteiger partial charge in [-0.15, -0.1) is 0 Å². The van der Waals surface area contributed by atoms with Crippen molar-refractivity contribution in [2.24, 2.45) is 11.3 Å². The zero-order valence-corrected chi connectivity index (χ0v) is 7.26. The van der Waals surface area contributed by atoms with E-state index in [2.05, 4.69) is 0 Å². The van der Waals surface area contributed by atoms with Gasteiger partial charge in [-0.1, -0.05) is 19.8 Å². The van der Waals surface area contributed by atoms with Gasteiger partial charge < -0.3 is 5.11 Å². The monoisotopic (exact) mass is 156 g/mol. The molecule has 2 heteroatoms. The van der Waals surface area contributed by atoms with Crippen molar-refractivity contribution < 1.29 is 9.90 Å². The van der Waals surface area contributed by atoms with Crippen molar-refractivity contribution in [1.29, 1.82) is 0 Å². The van der Waals surface area contributed by atoms with Gasteiger partial charge in [0.05, 0.1) is 5.41 Å². The van der Waals surface area contributed by atoms with Crippen LogP contribution in [0.1, 0.15) is 39.5 Å². The van der Waals surface area contributed by atoms with Gasteiger partial charge in [-0.3, -0.25) is 4.79 Å². The van der Waals surface area contributed by atoms with E-state index in [0.717, 1.165) is 19.3 Å². The third kappa shape index (κ3) is 1.39. The van der Waals surface area contributed by atoms with E-state index in [0.29, 0.717) is 5.92 Å². The summed E-state index contributed by atoms with van der Waals surface area (Å²) < 4.78 is 0. The minimum atomic E-state index is -0.621. The molecule has 1 aliphatic rings. The first-order valence-electron chi connectivity index (χ1n) is 4.31. The number of carbonyl (C=O) groups is 1. The molecule has 0 aromatic carbocycles. The van der Waals surface area contributed by atoms with Crippen LogP contribution in [0.3, 0.4) is 0 Å². The molecular weight excluding hydrogens is 140 g/mol. The van der Waals surface area contributed by atoms with Crippen LogP contribution in [0.2, 0.25) is 0 Å². The van der Waals surface area contributed by atoms with E-state index in [1.807, 2.05) is 13.8 Å². The van der Waals surface area contributed by atoms with Crippen molar-refractivity contribution in [3.8, 4) is 0 Å². The van der Waals surface area contributed by atoms with Crippen LogP contribution >= 0.6 is 0 Å². The Labute approximate surface area is 67.6 Å². The maximum atomic E-state index is 10.9. The van der Waals surface area contributed by atoms with Gasteiger partial charge in [0.1, 0.15) is 0 Å². The molecule has 2 atom stereocenters. The molecule has 64 valence electrons. The van der Waals surface area contributed by atoms with Crippen LogP contribution < -0.4 is 0 Å². The molecule has 0 bridgehead atoms. The molecule has 0 aromatic rings. The Morgan fingerprint density at radius 2 is 2.18 bits per heavy atom. The second-order valence-electron chi connectivity index (χ2n) is 3.87. The highest BCUT2D eigenvalue weighted by Crippen LogP contribution is 2.40. The van der Waals surface area contributed by atoms with E-state index in [9.17, 15) is 4.79 Å². The van der Waals surface area contributed by atoms with E-state index in [4.69, 9.17) is 5.11 Å². The quantitative estimate of drug-likeness (QED) is 0.632. The molecule has 0 amide bonds. The van der Waals surface area contributed by atoms with Crippen molar-refractivity contribution in [2.45, 2.75) is 39.5 Å². The molecule has 1 fully saturated rings. The van der Waals surface area contributed by atoms with Crippen LogP contribution in [0.4, 0.5) is 0 Å². The molecule has 0 radical (unpaired) electrons. The van der Waals surface area contributed by atoms with Crippen molar-refractivity contribution in [3.05, 3.63) is 0 Å². The summed E-state index contributed by atoms with van der Waals surface area (Å²) in [5.41, 5.74) is -0.446. The summed E-state index contributed by atoms with van der Waals surface area (Å²) in [5, 5.41) is 8.97. The molecular formula is C9H16O2. The van der Waals surface area contributed by atoms with Gasteiger partial charge in [-0.2, -0.15) is 0 Å². The normalized spacial score (nSPS) is 38.5. The lowest BCUT2D eigenvalue weighted by atomic mass is 9.68. The molecule has 0 aromatic heterocycles. The second kappa shape index (κ2) is 2.84. The molecule has 1 unspecified atom stereocenters. The van der Waals surface area contributed by atoms with Crippen LogP contribution in [0.25, 0.3) is 0 Å². The maximum absolute atomic E-state index is 10.9. The number of hydrogen-bond acceptors (Lipinski definition) is 1. The van der Waals surface area contributed by atoms with E-state index in [1.165, 1.54) is 6.42 Å². The van der Waals surface area contributed by atoms with Crippen molar-refractivity contribution in [3.63, 3.8) is 0 Å². The summed E-state index contributed by atoms with van der Waals surface area (Å²) in [6.45, 7) is 3.92. The number of carboxylic acid groups (broad SMARTS) is 1. The van der Waals surface area contributed by atoms with Gasteiger partial charge in [0.15, 0.2) is 0 Å². The van der Waals surface area contributed by atoms with Crippen LogP contribution in [-0.4, -0.2) is 11.1 Å². The van der Waals surface area contributed by atoms with E-state index in [1.54, 1.807) is 0 Å². The van der Waals surface area contributed by atoms with Crippen LogP contribution in [-0.2, 0) is 4.79 Å². The lowest BCUT2D eigenvalue weighted by Crippen LogP contribution is -2.36. The van der Waals surface area contributed by atoms with Crippen LogP contribution in [0, 0.1) is 11.3 Å². The van der Waals surface area contributed by atoms with Gasteiger partial charge >= 0.3 is 5.97 Å². The Kier molecular flexibility index (Phi) is 2.21. The van der Waals surface area contributed by atoms with Crippen LogP contribution in [0.5, 0.6) is 0 Å². The number of carboxylic acids is 1. The van der Waals surface area contributed by atoms with Gasteiger partial charge in [0.2, 0.25) is 0 Å². The average molecular weight is 156 g/mol. The van der Waals surface area contributed by atoms with Crippen molar-refractivity contribution in [1.82, 2.24) is 0 Å². The summed E-state index contributed by atoms with van der Waals surface area (Å²) >= 11 is 0. The Hall–Kier alpha value is -0.530. The third-order valence-electron chi connectivity index (χ3n) is 3.16. The highest BCUT2D eigenvalue weighted by atomic mass is 16.4. The number of rotatable bonds is 1. The Morgan fingerprint density at radius 1 is 1.55 bits per heavy atom. The topological polar surface area (TPSA) is 37.3 Å². The van der Waals surface area contributed by atoms with E-state index >= 15 is 0 Å².